The van der Waals surface area contributed by atoms with Crippen LogP contribution in [0.5, 0.6) is 11.6 Å². The van der Waals surface area contributed by atoms with Crippen molar-refractivity contribution >= 4 is 5.69 Å². The second-order valence-corrected chi connectivity index (χ2v) is 7.02. The van der Waals surface area contributed by atoms with Gasteiger partial charge in [0.1, 0.15) is 18.5 Å². The normalized spacial score (nSPS) is 12.1. The van der Waals surface area contributed by atoms with E-state index in [4.69, 9.17) is 9.47 Å². The van der Waals surface area contributed by atoms with E-state index in [-0.39, 0.29) is 18.5 Å². The van der Waals surface area contributed by atoms with Gasteiger partial charge in [0, 0.05) is 5.56 Å². The maximum Gasteiger partial charge on any atom is 0.416 e. The molecular formula is C23H34F3N3O2. The van der Waals surface area contributed by atoms with Crippen LogP contribution in [0.25, 0.3) is 0 Å². The van der Waals surface area contributed by atoms with Gasteiger partial charge < -0.3 is 14.8 Å². The average Bonchev–Trinajstić information content (AvgIpc) is 2.74. The van der Waals surface area contributed by atoms with Gasteiger partial charge >= 0.3 is 6.18 Å². The molecule has 2 rings (SSSR count). The molecule has 0 radical (unpaired) electrons. The Morgan fingerprint density at radius 1 is 1.16 bits per heavy atom. The van der Waals surface area contributed by atoms with Gasteiger partial charge in [-0.1, -0.05) is 26.8 Å². The highest BCUT2D eigenvalue weighted by Crippen LogP contribution is 2.31. The summed E-state index contributed by atoms with van der Waals surface area (Å²) < 4.78 is 49.7. The predicted molar refractivity (Wildman–Crippen MR) is 119 cm³/mol. The molecule has 0 spiro atoms. The highest BCUT2D eigenvalue weighted by molar-refractivity contribution is 5.51. The van der Waals surface area contributed by atoms with E-state index in [1.54, 1.807) is 6.92 Å². The molecule has 31 heavy (non-hydrogen) atoms. The predicted octanol–water partition coefficient (Wildman–Crippen LogP) is 5.91. The van der Waals surface area contributed by atoms with Crippen molar-refractivity contribution in [2.45, 2.75) is 53.8 Å². The lowest BCUT2D eigenvalue weighted by Crippen LogP contribution is -2.25. The number of anilines is 1. The van der Waals surface area contributed by atoms with E-state index in [1.165, 1.54) is 12.1 Å². The summed E-state index contributed by atoms with van der Waals surface area (Å²) in [4.78, 5) is 6.64. The molecule has 5 nitrogen and oxygen atoms in total. The van der Waals surface area contributed by atoms with Gasteiger partial charge in [0.15, 0.2) is 0 Å². The monoisotopic (exact) mass is 441 g/mol. The van der Waals surface area contributed by atoms with Crippen LogP contribution in [0.15, 0.2) is 30.3 Å². The van der Waals surface area contributed by atoms with Crippen LogP contribution in [0.4, 0.5) is 18.9 Å². The topological polar surface area (TPSA) is 46.6 Å². The number of pyridine rings is 1. The van der Waals surface area contributed by atoms with E-state index in [0.29, 0.717) is 12.5 Å². The van der Waals surface area contributed by atoms with E-state index in [9.17, 15) is 13.2 Å². The quantitative estimate of drug-likeness (QED) is 0.490. The van der Waals surface area contributed by atoms with Gasteiger partial charge in [-0.2, -0.15) is 13.2 Å². The number of nitrogens with zero attached hydrogens (tertiary/aromatic N) is 2. The Balaban J connectivity index is 0.00000233. The molecule has 1 aromatic carbocycles. The van der Waals surface area contributed by atoms with Crippen LogP contribution in [0.2, 0.25) is 0 Å². The van der Waals surface area contributed by atoms with Crippen molar-refractivity contribution in [3.05, 3.63) is 47.2 Å². The summed E-state index contributed by atoms with van der Waals surface area (Å²) in [6.07, 6.45) is -4.79. The number of aryl methyl sites for hydroxylation is 2. The molecule has 0 aliphatic carbocycles. The second-order valence-electron chi connectivity index (χ2n) is 7.02. The first-order chi connectivity index (χ1) is 14.6. The zero-order valence-corrected chi connectivity index (χ0v) is 19.4. The number of hydrogen-bond donors (Lipinski definition) is 1. The van der Waals surface area contributed by atoms with Gasteiger partial charge in [-0.05, 0) is 58.6 Å². The third kappa shape index (κ3) is 8.65. The summed E-state index contributed by atoms with van der Waals surface area (Å²) in [6.45, 7) is 13.4. The minimum atomic E-state index is -4.40. The first-order valence-electron chi connectivity index (χ1n) is 10.5. The van der Waals surface area contributed by atoms with Gasteiger partial charge in [-0.3, -0.25) is 4.90 Å². The Hall–Kier alpha value is -2.48. The minimum absolute atomic E-state index is 0.1000. The van der Waals surface area contributed by atoms with Crippen molar-refractivity contribution in [2.24, 2.45) is 0 Å². The minimum Gasteiger partial charge on any atom is -0.490 e. The summed E-state index contributed by atoms with van der Waals surface area (Å²) in [5.41, 5.74) is 1.86. The number of alkyl halides is 3. The van der Waals surface area contributed by atoms with E-state index in [2.05, 4.69) is 22.1 Å². The van der Waals surface area contributed by atoms with Gasteiger partial charge in [0.2, 0.25) is 5.88 Å². The van der Waals surface area contributed by atoms with Gasteiger partial charge in [-0.25, -0.2) is 4.98 Å². The molecule has 1 heterocycles. The van der Waals surface area contributed by atoms with Crippen molar-refractivity contribution in [2.75, 3.05) is 32.2 Å². The van der Waals surface area contributed by atoms with Crippen molar-refractivity contribution in [1.82, 2.24) is 9.88 Å². The average molecular weight is 442 g/mol. The smallest absolute Gasteiger partial charge is 0.416 e. The number of hydrogen-bond acceptors (Lipinski definition) is 5. The van der Waals surface area contributed by atoms with Crippen LogP contribution in [0.3, 0.4) is 0 Å². The summed E-state index contributed by atoms with van der Waals surface area (Å²) in [5, 5.41) is 3.34. The molecule has 1 N–H and O–H groups in total. The Morgan fingerprint density at radius 2 is 1.84 bits per heavy atom. The lowest BCUT2D eigenvalue weighted by atomic mass is 10.2. The number of rotatable bonds is 9. The van der Waals surface area contributed by atoms with Gasteiger partial charge in [-0.15, -0.1) is 0 Å². The first-order valence-corrected chi connectivity index (χ1v) is 10.5. The Kier molecular flexibility index (Phi) is 10.6. The van der Waals surface area contributed by atoms with Crippen LogP contribution in [-0.2, 0) is 6.18 Å². The molecule has 1 atom stereocenters. The zero-order valence-electron chi connectivity index (χ0n) is 19.4. The van der Waals surface area contributed by atoms with Crippen LogP contribution < -0.4 is 14.8 Å². The Bertz CT molecular complexity index is 813. The molecule has 0 bridgehead atoms. The van der Waals surface area contributed by atoms with Gasteiger partial charge in [0.05, 0.1) is 23.6 Å². The maximum absolute atomic E-state index is 12.8. The van der Waals surface area contributed by atoms with Crippen molar-refractivity contribution in [1.29, 1.82) is 0 Å². The molecule has 8 heteroatoms. The van der Waals surface area contributed by atoms with Gasteiger partial charge in [0.25, 0.3) is 0 Å². The molecule has 1 aromatic heterocycles. The summed E-state index contributed by atoms with van der Waals surface area (Å²) in [6, 6.07) is 6.77. The van der Waals surface area contributed by atoms with Crippen molar-refractivity contribution < 1.29 is 22.6 Å². The fourth-order valence-electron chi connectivity index (χ4n) is 2.51. The number of benzene rings is 1. The van der Waals surface area contributed by atoms with E-state index < -0.39 is 11.7 Å². The molecule has 0 aliphatic rings. The van der Waals surface area contributed by atoms with Crippen molar-refractivity contribution in [3.8, 4) is 11.6 Å². The zero-order chi connectivity index (χ0) is 23.6. The fourth-order valence-corrected chi connectivity index (χ4v) is 2.51. The summed E-state index contributed by atoms with van der Waals surface area (Å²) >= 11 is 0. The summed E-state index contributed by atoms with van der Waals surface area (Å²) in [5.74, 6) is 0.632. The molecule has 0 saturated heterocycles. The van der Waals surface area contributed by atoms with E-state index in [0.717, 1.165) is 35.6 Å². The Labute approximate surface area is 183 Å². The number of ether oxygens (including phenoxy) is 2. The number of nitrogens with one attached hydrogen (secondary N) is 1. The third-order valence-electron chi connectivity index (χ3n) is 4.40. The molecule has 1 unspecified atom stereocenters. The molecule has 0 saturated carbocycles. The third-order valence-corrected chi connectivity index (χ3v) is 4.40. The highest BCUT2D eigenvalue weighted by Gasteiger charge is 2.30. The second kappa shape index (κ2) is 12.4. The standard InChI is InChI=1S/C21H28F3N3O2.C2H6/c1-6-27(5)13-25-19-10-14(2)20(26-16(19)4)29-15(3)12-28-18-9-7-8-17(11-18)21(22,23)24;1-2/h7-11,15,25H,6,12-13H2,1-5H3;1-2H3. The lowest BCUT2D eigenvalue weighted by molar-refractivity contribution is -0.137. The summed E-state index contributed by atoms with van der Waals surface area (Å²) in [7, 11) is 2.02. The SMILES string of the molecule is CC.CCN(C)CNc1cc(C)c(OC(C)COc2cccc(C(F)(F)F)c2)nc1C. The number of halogens is 3. The molecule has 0 fully saturated rings. The van der Waals surface area contributed by atoms with Crippen LogP contribution >= 0.6 is 0 Å². The fraction of sp³-hybridized carbons (Fsp3) is 0.522. The van der Waals surface area contributed by atoms with Crippen LogP contribution in [-0.4, -0.2) is 42.9 Å². The molecule has 0 amide bonds. The van der Waals surface area contributed by atoms with E-state index in [1.807, 2.05) is 40.8 Å². The molecule has 0 aliphatic heterocycles. The van der Waals surface area contributed by atoms with Crippen molar-refractivity contribution in [3.63, 3.8) is 0 Å². The van der Waals surface area contributed by atoms with E-state index >= 15 is 0 Å². The highest BCUT2D eigenvalue weighted by atomic mass is 19.4. The first kappa shape index (κ1) is 26.6. The molecule has 2 aromatic rings. The molecule has 174 valence electrons. The number of aromatic nitrogens is 1. The largest absolute Gasteiger partial charge is 0.490 e. The maximum atomic E-state index is 12.8. The Morgan fingerprint density at radius 3 is 2.45 bits per heavy atom. The lowest BCUT2D eigenvalue weighted by Gasteiger charge is -2.20. The molecular weight excluding hydrogens is 407 g/mol. The van der Waals surface area contributed by atoms with Crippen LogP contribution in [0.1, 0.15) is 44.5 Å². The van der Waals surface area contributed by atoms with Crippen LogP contribution in [0, 0.1) is 13.8 Å².